The number of likely N-dealkylation sites (tertiary alicyclic amines) is 1. The smallest absolute Gasteiger partial charge is 0.225 e. The van der Waals surface area contributed by atoms with Gasteiger partial charge in [0.2, 0.25) is 5.91 Å². The van der Waals surface area contributed by atoms with E-state index < -0.39 is 0 Å². The van der Waals surface area contributed by atoms with Gasteiger partial charge in [-0.05, 0) is 24.3 Å². The number of carbonyl (C=O) groups excluding carboxylic acids is 1. The van der Waals surface area contributed by atoms with Gasteiger partial charge in [-0.15, -0.1) is 12.4 Å². The van der Waals surface area contributed by atoms with Crippen LogP contribution in [0.3, 0.4) is 0 Å². The summed E-state index contributed by atoms with van der Waals surface area (Å²) in [5.41, 5.74) is 7.61. The third kappa shape index (κ3) is 4.31. The molecule has 1 heterocycles. The van der Waals surface area contributed by atoms with E-state index in [2.05, 4.69) is 31.2 Å². The van der Waals surface area contributed by atoms with E-state index in [1.807, 2.05) is 11.0 Å². The summed E-state index contributed by atoms with van der Waals surface area (Å²) >= 11 is 0. The molecule has 4 heteroatoms. The summed E-state index contributed by atoms with van der Waals surface area (Å²) in [6, 6.07) is 10.5. The van der Waals surface area contributed by atoms with E-state index in [1.54, 1.807) is 0 Å². The Hall–Kier alpha value is -1.06. The van der Waals surface area contributed by atoms with Crippen LogP contribution in [0.25, 0.3) is 0 Å². The van der Waals surface area contributed by atoms with Crippen LogP contribution in [-0.2, 0) is 4.79 Å². The third-order valence-corrected chi connectivity index (χ3v) is 5.84. The largest absolute Gasteiger partial charge is 0.340 e. The van der Waals surface area contributed by atoms with Gasteiger partial charge in [-0.2, -0.15) is 0 Å². The highest BCUT2D eigenvalue weighted by Crippen LogP contribution is 2.33. The molecular formula is C20H31ClN2O. The molecule has 24 heavy (non-hydrogen) atoms. The van der Waals surface area contributed by atoms with E-state index >= 15 is 0 Å². The first kappa shape index (κ1) is 19.3. The summed E-state index contributed by atoms with van der Waals surface area (Å²) in [5, 5.41) is 0. The molecule has 1 aromatic carbocycles. The summed E-state index contributed by atoms with van der Waals surface area (Å²) in [6.45, 7) is 3.65. The van der Waals surface area contributed by atoms with Crippen LogP contribution < -0.4 is 5.73 Å². The van der Waals surface area contributed by atoms with Gasteiger partial charge in [-0.3, -0.25) is 4.79 Å². The highest BCUT2D eigenvalue weighted by atomic mass is 35.5. The Morgan fingerprint density at radius 2 is 1.88 bits per heavy atom. The zero-order valence-electron chi connectivity index (χ0n) is 14.7. The van der Waals surface area contributed by atoms with Crippen LogP contribution in [-0.4, -0.2) is 29.9 Å². The number of rotatable bonds is 5. The number of amides is 1. The van der Waals surface area contributed by atoms with Crippen LogP contribution in [0.1, 0.15) is 56.9 Å². The van der Waals surface area contributed by atoms with Crippen molar-refractivity contribution >= 4 is 18.3 Å². The van der Waals surface area contributed by atoms with Crippen molar-refractivity contribution in [3.8, 4) is 0 Å². The number of carbonyl (C=O) groups is 1. The summed E-state index contributed by atoms with van der Waals surface area (Å²) in [7, 11) is 0. The minimum Gasteiger partial charge on any atom is -0.340 e. The number of nitrogens with two attached hydrogens (primary N) is 1. The lowest BCUT2D eigenvalue weighted by Crippen LogP contribution is -2.36. The summed E-state index contributed by atoms with van der Waals surface area (Å²) in [4.78, 5) is 15.0. The Morgan fingerprint density at radius 1 is 1.21 bits per heavy atom. The molecule has 1 saturated carbocycles. The molecule has 0 aromatic heterocycles. The van der Waals surface area contributed by atoms with E-state index in [9.17, 15) is 4.79 Å². The van der Waals surface area contributed by atoms with Gasteiger partial charge >= 0.3 is 0 Å². The van der Waals surface area contributed by atoms with E-state index in [0.29, 0.717) is 12.5 Å². The van der Waals surface area contributed by atoms with Crippen LogP contribution in [0.15, 0.2) is 30.3 Å². The number of benzene rings is 1. The molecule has 1 saturated heterocycles. The highest BCUT2D eigenvalue weighted by Gasteiger charge is 2.36. The Morgan fingerprint density at radius 3 is 2.50 bits per heavy atom. The second-order valence-electron chi connectivity index (χ2n) is 7.42. The second kappa shape index (κ2) is 8.87. The molecule has 0 bridgehead atoms. The van der Waals surface area contributed by atoms with Crippen molar-refractivity contribution < 1.29 is 4.79 Å². The molecule has 1 amide bonds. The standard InChI is InChI=1S/C20H30N2O.ClH/c1-2-16(12-15-8-6-7-9-15)20(23)22-13-18(19(21)14-22)17-10-4-3-5-11-17;/h3-5,10-11,15-16,18-19H,2,6-9,12-14,21H2,1H3;1H/t16?,18-,19+;/m0./s1. The van der Waals surface area contributed by atoms with Gasteiger partial charge in [-0.1, -0.05) is 62.9 Å². The van der Waals surface area contributed by atoms with Crippen molar-refractivity contribution in [2.24, 2.45) is 17.6 Å². The number of halogens is 1. The van der Waals surface area contributed by atoms with Gasteiger partial charge in [0.15, 0.2) is 0 Å². The predicted molar refractivity (Wildman–Crippen MR) is 101 cm³/mol. The van der Waals surface area contributed by atoms with E-state index in [1.165, 1.54) is 31.2 Å². The van der Waals surface area contributed by atoms with Gasteiger partial charge < -0.3 is 10.6 Å². The molecule has 2 N–H and O–H groups in total. The molecule has 0 spiro atoms. The van der Waals surface area contributed by atoms with Crippen molar-refractivity contribution in [1.29, 1.82) is 0 Å². The van der Waals surface area contributed by atoms with Crippen LogP contribution >= 0.6 is 12.4 Å². The topological polar surface area (TPSA) is 46.3 Å². The Bertz CT molecular complexity index is 516. The quantitative estimate of drug-likeness (QED) is 0.873. The third-order valence-electron chi connectivity index (χ3n) is 5.84. The van der Waals surface area contributed by atoms with Gasteiger partial charge in [0.05, 0.1) is 0 Å². The van der Waals surface area contributed by atoms with Crippen LogP contribution in [0.5, 0.6) is 0 Å². The van der Waals surface area contributed by atoms with Crippen LogP contribution in [0, 0.1) is 11.8 Å². The Labute approximate surface area is 152 Å². The normalized spacial score (nSPS) is 25.5. The SMILES string of the molecule is CCC(CC1CCCC1)C(=O)N1C[C@@H](N)[C@H](c2ccccc2)C1.Cl. The molecule has 1 aliphatic heterocycles. The van der Waals surface area contributed by atoms with Crippen LogP contribution in [0.2, 0.25) is 0 Å². The number of hydrogen-bond acceptors (Lipinski definition) is 2. The fourth-order valence-electron chi connectivity index (χ4n) is 4.41. The molecule has 3 rings (SSSR count). The molecule has 3 nitrogen and oxygen atoms in total. The molecule has 1 aromatic rings. The predicted octanol–water partition coefficient (Wildman–Crippen LogP) is 3.97. The summed E-state index contributed by atoms with van der Waals surface area (Å²) in [5.74, 6) is 1.59. The fraction of sp³-hybridized carbons (Fsp3) is 0.650. The molecule has 0 radical (unpaired) electrons. The monoisotopic (exact) mass is 350 g/mol. The lowest BCUT2D eigenvalue weighted by atomic mass is 9.90. The zero-order chi connectivity index (χ0) is 16.2. The minimum absolute atomic E-state index is 0. The second-order valence-corrected chi connectivity index (χ2v) is 7.42. The van der Waals surface area contributed by atoms with E-state index in [4.69, 9.17) is 5.73 Å². The lowest BCUT2D eigenvalue weighted by molar-refractivity contribution is -0.135. The van der Waals surface area contributed by atoms with Gasteiger partial charge in [0, 0.05) is 31.0 Å². The Balaban J connectivity index is 0.00000208. The average Bonchev–Trinajstić information content (AvgIpc) is 3.22. The van der Waals surface area contributed by atoms with Crippen molar-refractivity contribution in [3.05, 3.63) is 35.9 Å². The summed E-state index contributed by atoms with van der Waals surface area (Å²) < 4.78 is 0. The van der Waals surface area contributed by atoms with Gasteiger partial charge in [-0.25, -0.2) is 0 Å². The maximum absolute atomic E-state index is 13.0. The first-order chi connectivity index (χ1) is 11.2. The molecule has 3 atom stereocenters. The summed E-state index contributed by atoms with van der Waals surface area (Å²) in [6.07, 6.45) is 7.36. The van der Waals surface area contributed by atoms with E-state index in [0.717, 1.165) is 25.3 Å². The molecule has 134 valence electrons. The molecule has 2 aliphatic rings. The fourth-order valence-corrected chi connectivity index (χ4v) is 4.41. The highest BCUT2D eigenvalue weighted by molar-refractivity contribution is 5.85. The maximum atomic E-state index is 13.0. The van der Waals surface area contributed by atoms with Crippen molar-refractivity contribution in [1.82, 2.24) is 4.90 Å². The number of nitrogens with zero attached hydrogens (tertiary/aromatic N) is 1. The maximum Gasteiger partial charge on any atom is 0.225 e. The first-order valence-corrected chi connectivity index (χ1v) is 9.28. The Kier molecular flexibility index (Phi) is 7.12. The van der Waals surface area contributed by atoms with Crippen molar-refractivity contribution in [3.63, 3.8) is 0 Å². The molecule has 1 unspecified atom stereocenters. The van der Waals surface area contributed by atoms with Gasteiger partial charge in [0.25, 0.3) is 0 Å². The average molecular weight is 351 g/mol. The van der Waals surface area contributed by atoms with Crippen molar-refractivity contribution in [2.45, 2.75) is 57.4 Å². The van der Waals surface area contributed by atoms with E-state index in [-0.39, 0.29) is 30.3 Å². The molecule has 1 aliphatic carbocycles. The van der Waals surface area contributed by atoms with Crippen molar-refractivity contribution in [2.75, 3.05) is 13.1 Å². The van der Waals surface area contributed by atoms with Gasteiger partial charge in [0.1, 0.15) is 0 Å². The minimum atomic E-state index is 0. The first-order valence-electron chi connectivity index (χ1n) is 9.28. The van der Waals surface area contributed by atoms with Crippen LogP contribution in [0.4, 0.5) is 0 Å². The molecular weight excluding hydrogens is 320 g/mol. The zero-order valence-corrected chi connectivity index (χ0v) is 15.5. The molecule has 2 fully saturated rings. The lowest BCUT2D eigenvalue weighted by Gasteiger charge is -2.24. The number of hydrogen-bond donors (Lipinski definition) is 1.